The average Bonchev–Trinajstić information content (AvgIpc) is 2.68. The maximum absolute atomic E-state index is 13.8. The molecule has 28 heavy (non-hydrogen) atoms. The van der Waals surface area contributed by atoms with Crippen LogP contribution in [0.4, 0.5) is 10.1 Å². The van der Waals surface area contributed by atoms with Crippen LogP contribution in [0.15, 0.2) is 59.8 Å². The Kier molecular flexibility index (Phi) is 5.94. The lowest BCUT2D eigenvalue weighted by Crippen LogP contribution is -2.48. The fourth-order valence-corrected chi connectivity index (χ4v) is 3.58. The monoisotopic (exact) mass is 400 g/mol. The first kappa shape index (κ1) is 19.8. The molecule has 0 spiro atoms. The van der Waals surface area contributed by atoms with Crippen LogP contribution in [0.2, 0.25) is 0 Å². The highest BCUT2D eigenvalue weighted by Crippen LogP contribution is 2.34. The van der Waals surface area contributed by atoms with Crippen LogP contribution in [-0.2, 0) is 9.53 Å². The van der Waals surface area contributed by atoms with Gasteiger partial charge in [0.1, 0.15) is 11.6 Å². The number of methoxy groups -OCH3 is 1. The third-order valence-electron chi connectivity index (χ3n) is 4.48. The standard InChI is InChI=1S/C21H21FN2O3S/c1-4-27-17-10-8-16(9-11-17)24-13(2)18(20(25)26-3)19(23-21(24)28)14-6-5-7-15(22)12-14/h5-12,19H,4H2,1-3H3,(H,23,28)/t19-/m1/s1. The molecule has 0 aromatic heterocycles. The van der Waals surface area contributed by atoms with Gasteiger partial charge in [0.15, 0.2) is 5.11 Å². The molecular formula is C21H21FN2O3S. The number of nitrogens with zero attached hydrogens (tertiary/aromatic N) is 1. The normalized spacial score (nSPS) is 16.6. The molecule has 1 N–H and O–H groups in total. The van der Waals surface area contributed by atoms with Crippen LogP contribution in [-0.4, -0.2) is 24.8 Å². The SMILES string of the molecule is CCOc1ccc(N2C(=S)N[C@H](c3cccc(F)c3)C(C(=O)OC)=C2C)cc1. The molecular weight excluding hydrogens is 379 g/mol. The first-order chi connectivity index (χ1) is 13.5. The molecule has 0 saturated heterocycles. The Labute approximate surface area is 168 Å². The second-order valence-electron chi connectivity index (χ2n) is 6.19. The number of carbonyl (C=O) groups is 1. The molecule has 0 bridgehead atoms. The fraction of sp³-hybridized carbons (Fsp3) is 0.238. The maximum atomic E-state index is 13.8. The van der Waals surface area contributed by atoms with Gasteiger partial charge in [0.2, 0.25) is 0 Å². The maximum Gasteiger partial charge on any atom is 0.337 e. The van der Waals surface area contributed by atoms with Crippen molar-refractivity contribution in [2.24, 2.45) is 0 Å². The van der Waals surface area contributed by atoms with Crippen molar-refractivity contribution in [3.63, 3.8) is 0 Å². The Morgan fingerprint density at radius 1 is 1.25 bits per heavy atom. The van der Waals surface area contributed by atoms with Crippen molar-refractivity contribution < 1.29 is 18.7 Å². The predicted octanol–water partition coefficient (Wildman–Crippen LogP) is 4.11. The highest BCUT2D eigenvalue weighted by Gasteiger charge is 2.35. The number of carbonyl (C=O) groups excluding carboxylic acids is 1. The minimum absolute atomic E-state index is 0.371. The molecule has 7 heteroatoms. The number of nitrogens with one attached hydrogen (secondary N) is 1. The van der Waals surface area contributed by atoms with Gasteiger partial charge in [-0.3, -0.25) is 4.90 Å². The van der Waals surface area contributed by atoms with Crippen molar-refractivity contribution in [1.82, 2.24) is 5.32 Å². The molecule has 5 nitrogen and oxygen atoms in total. The van der Waals surface area contributed by atoms with Gasteiger partial charge in [0, 0.05) is 11.4 Å². The Bertz CT molecular complexity index is 928. The third kappa shape index (κ3) is 3.84. The molecule has 2 aromatic carbocycles. The Morgan fingerprint density at radius 2 is 1.96 bits per heavy atom. The quantitative estimate of drug-likeness (QED) is 0.602. The van der Waals surface area contributed by atoms with E-state index in [0.717, 1.165) is 11.4 Å². The van der Waals surface area contributed by atoms with Gasteiger partial charge in [-0.2, -0.15) is 0 Å². The molecule has 1 atom stereocenters. The summed E-state index contributed by atoms with van der Waals surface area (Å²) in [5, 5.41) is 3.55. The van der Waals surface area contributed by atoms with Gasteiger partial charge in [-0.15, -0.1) is 0 Å². The lowest BCUT2D eigenvalue weighted by molar-refractivity contribution is -0.136. The summed E-state index contributed by atoms with van der Waals surface area (Å²) in [5.41, 5.74) is 2.36. The van der Waals surface area contributed by atoms with E-state index in [0.29, 0.717) is 28.6 Å². The molecule has 0 unspecified atom stereocenters. The first-order valence-electron chi connectivity index (χ1n) is 8.84. The lowest BCUT2D eigenvalue weighted by atomic mass is 9.94. The van der Waals surface area contributed by atoms with E-state index < -0.39 is 12.0 Å². The summed E-state index contributed by atoms with van der Waals surface area (Å²) >= 11 is 5.56. The van der Waals surface area contributed by atoms with Crippen LogP contribution in [0.1, 0.15) is 25.5 Å². The van der Waals surface area contributed by atoms with Crippen LogP contribution in [0.5, 0.6) is 5.75 Å². The van der Waals surface area contributed by atoms with Crippen LogP contribution >= 0.6 is 12.2 Å². The zero-order valence-electron chi connectivity index (χ0n) is 15.9. The zero-order chi connectivity index (χ0) is 20.3. The number of thiocarbonyl (C=S) groups is 1. The minimum atomic E-state index is -0.602. The van der Waals surface area contributed by atoms with Gasteiger partial charge < -0.3 is 14.8 Å². The summed E-state index contributed by atoms with van der Waals surface area (Å²) in [6.07, 6.45) is 0. The number of hydrogen-bond acceptors (Lipinski definition) is 4. The number of benzene rings is 2. The van der Waals surface area contributed by atoms with Gasteiger partial charge in [-0.25, -0.2) is 9.18 Å². The summed E-state index contributed by atoms with van der Waals surface area (Å²) in [5.74, 6) is -0.145. The summed E-state index contributed by atoms with van der Waals surface area (Å²) in [6.45, 7) is 4.28. The van der Waals surface area contributed by atoms with Crippen LogP contribution in [0.25, 0.3) is 0 Å². The Morgan fingerprint density at radius 3 is 2.57 bits per heavy atom. The van der Waals surface area contributed by atoms with E-state index >= 15 is 0 Å². The van der Waals surface area contributed by atoms with Crippen LogP contribution < -0.4 is 15.0 Å². The molecule has 0 saturated carbocycles. The summed E-state index contributed by atoms with van der Waals surface area (Å²) < 4.78 is 24.2. The van der Waals surface area contributed by atoms with Crippen LogP contribution in [0, 0.1) is 5.82 Å². The summed E-state index contributed by atoms with van der Waals surface area (Å²) in [4.78, 5) is 14.3. The largest absolute Gasteiger partial charge is 0.494 e. The van der Waals surface area contributed by atoms with Gasteiger partial charge in [0.25, 0.3) is 0 Å². The molecule has 0 fully saturated rings. The Balaban J connectivity index is 2.07. The van der Waals surface area contributed by atoms with E-state index in [2.05, 4.69) is 5.32 Å². The number of ether oxygens (including phenoxy) is 2. The minimum Gasteiger partial charge on any atom is -0.494 e. The van der Waals surface area contributed by atoms with E-state index in [1.807, 2.05) is 31.2 Å². The molecule has 0 aliphatic carbocycles. The zero-order valence-corrected chi connectivity index (χ0v) is 16.7. The van der Waals surface area contributed by atoms with Crippen molar-refractivity contribution in [3.05, 3.63) is 71.2 Å². The number of hydrogen-bond donors (Lipinski definition) is 1. The summed E-state index contributed by atoms with van der Waals surface area (Å²) in [7, 11) is 1.32. The predicted molar refractivity (Wildman–Crippen MR) is 110 cm³/mol. The molecule has 1 aliphatic rings. The number of halogens is 1. The molecule has 1 aliphatic heterocycles. The van der Waals surface area contributed by atoms with E-state index in [4.69, 9.17) is 21.7 Å². The topological polar surface area (TPSA) is 50.8 Å². The molecule has 0 radical (unpaired) electrons. The van der Waals surface area contributed by atoms with E-state index in [1.54, 1.807) is 24.0 Å². The third-order valence-corrected chi connectivity index (χ3v) is 4.78. The number of anilines is 1. The smallest absolute Gasteiger partial charge is 0.337 e. The van der Waals surface area contributed by atoms with E-state index in [1.165, 1.54) is 19.2 Å². The molecule has 0 amide bonds. The molecule has 3 rings (SSSR count). The Hall–Kier alpha value is -2.93. The van der Waals surface area contributed by atoms with Gasteiger partial charge in [-0.05, 0) is 68.0 Å². The second-order valence-corrected chi connectivity index (χ2v) is 6.58. The van der Waals surface area contributed by atoms with E-state index in [-0.39, 0.29) is 5.82 Å². The first-order valence-corrected chi connectivity index (χ1v) is 9.25. The average molecular weight is 400 g/mol. The highest BCUT2D eigenvalue weighted by atomic mass is 32.1. The molecule has 1 heterocycles. The van der Waals surface area contributed by atoms with E-state index in [9.17, 15) is 9.18 Å². The lowest BCUT2D eigenvalue weighted by Gasteiger charge is -2.37. The second kappa shape index (κ2) is 8.39. The number of allylic oxidation sites excluding steroid dienone is 1. The van der Waals surface area contributed by atoms with Gasteiger partial charge in [-0.1, -0.05) is 12.1 Å². The molecule has 2 aromatic rings. The fourth-order valence-electron chi connectivity index (χ4n) is 3.22. The van der Waals surface area contributed by atoms with Crippen molar-refractivity contribution in [2.75, 3.05) is 18.6 Å². The molecule has 146 valence electrons. The van der Waals surface area contributed by atoms with Crippen molar-refractivity contribution in [1.29, 1.82) is 0 Å². The summed E-state index contributed by atoms with van der Waals surface area (Å²) in [6, 6.07) is 12.9. The van der Waals surface area contributed by atoms with Crippen molar-refractivity contribution in [3.8, 4) is 5.75 Å². The van der Waals surface area contributed by atoms with Gasteiger partial charge in [0.05, 0.1) is 25.3 Å². The number of esters is 1. The van der Waals surface area contributed by atoms with Crippen molar-refractivity contribution >= 4 is 29.0 Å². The van der Waals surface area contributed by atoms with Gasteiger partial charge >= 0.3 is 5.97 Å². The highest BCUT2D eigenvalue weighted by molar-refractivity contribution is 7.80. The van der Waals surface area contributed by atoms with Crippen molar-refractivity contribution in [2.45, 2.75) is 19.9 Å². The number of rotatable bonds is 5. The van der Waals surface area contributed by atoms with Crippen LogP contribution in [0.3, 0.4) is 0 Å².